The lowest BCUT2D eigenvalue weighted by molar-refractivity contribution is -0.112. The minimum absolute atomic E-state index is 0.0358. The highest BCUT2D eigenvalue weighted by Crippen LogP contribution is 2.31. The fourth-order valence-corrected chi connectivity index (χ4v) is 4.75. The minimum Gasteiger partial charge on any atom is -0.494 e. The normalized spacial score (nSPS) is 11.1. The van der Waals surface area contributed by atoms with E-state index in [0.29, 0.717) is 27.9 Å². The molecule has 0 aliphatic carbocycles. The summed E-state index contributed by atoms with van der Waals surface area (Å²) >= 11 is 14.2. The van der Waals surface area contributed by atoms with Gasteiger partial charge < -0.3 is 10.1 Å². The Bertz CT molecular complexity index is 1290. The Morgan fingerprint density at radius 3 is 2.41 bits per heavy atom. The van der Waals surface area contributed by atoms with E-state index in [1.54, 1.807) is 18.2 Å². The number of hydrogen-bond acceptors (Lipinski definition) is 3. The summed E-state index contributed by atoms with van der Waals surface area (Å²) in [4.78, 5) is 12.7. The van der Waals surface area contributed by atoms with E-state index in [-0.39, 0.29) is 5.57 Å². The molecule has 0 aliphatic heterocycles. The largest absolute Gasteiger partial charge is 0.494 e. The Labute approximate surface area is 223 Å². The van der Waals surface area contributed by atoms with Crippen molar-refractivity contribution in [3.05, 3.63) is 95.5 Å². The molecule has 1 N–H and O–H groups in total. The standard InChI is InChI=1S/C27H23Cl2IN2O2/c1-4-34-26-13-19(12-25(30)22(26)11-18-8-16(2)7-17(3)9-18)10-20(15-31)27(33)32-21-5-6-23(28)24(29)14-21/h5-10,12-14H,4,11H2,1-3H3,(H,32,33)/b20-10+. The number of halogens is 3. The van der Waals surface area contributed by atoms with Crippen LogP contribution in [0.25, 0.3) is 6.08 Å². The van der Waals surface area contributed by atoms with Crippen molar-refractivity contribution in [2.45, 2.75) is 27.2 Å². The number of carbonyl (C=O) groups is 1. The van der Waals surface area contributed by atoms with Gasteiger partial charge in [-0.1, -0.05) is 52.5 Å². The number of nitrogens with zero attached hydrogens (tertiary/aromatic N) is 1. The molecule has 0 spiro atoms. The van der Waals surface area contributed by atoms with Crippen LogP contribution in [0.5, 0.6) is 5.75 Å². The van der Waals surface area contributed by atoms with Crippen LogP contribution in [-0.2, 0) is 11.2 Å². The molecular formula is C27H23Cl2IN2O2. The number of rotatable bonds is 7. The molecule has 0 aliphatic rings. The minimum atomic E-state index is -0.534. The molecule has 0 bridgehead atoms. The van der Waals surface area contributed by atoms with Gasteiger partial charge in [0, 0.05) is 21.2 Å². The van der Waals surface area contributed by atoms with Gasteiger partial charge in [0.2, 0.25) is 0 Å². The molecule has 3 aromatic carbocycles. The fourth-order valence-electron chi connectivity index (χ4n) is 3.63. The van der Waals surface area contributed by atoms with Crippen molar-refractivity contribution in [3.63, 3.8) is 0 Å². The van der Waals surface area contributed by atoms with Crippen LogP contribution in [-0.4, -0.2) is 12.5 Å². The Kier molecular flexibility index (Phi) is 9.01. The third-order valence-electron chi connectivity index (χ3n) is 4.99. The number of amides is 1. The predicted octanol–water partition coefficient (Wildman–Crippen LogP) is 7.75. The van der Waals surface area contributed by atoms with E-state index in [0.717, 1.165) is 21.3 Å². The van der Waals surface area contributed by atoms with Crippen molar-refractivity contribution in [2.75, 3.05) is 11.9 Å². The van der Waals surface area contributed by atoms with Crippen LogP contribution in [0.15, 0.2) is 54.1 Å². The van der Waals surface area contributed by atoms with Crippen molar-refractivity contribution in [3.8, 4) is 11.8 Å². The molecule has 3 aromatic rings. The van der Waals surface area contributed by atoms with E-state index >= 15 is 0 Å². The predicted molar refractivity (Wildman–Crippen MR) is 148 cm³/mol. The zero-order valence-corrected chi connectivity index (χ0v) is 22.7. The van der Waals surface area contributed by atoms with E-state index in [1.807, 2.05) is 25.1 Å². The van der Waals surface area contributed by atoms with E-state index in [2.05, 4.69) is 60.0 Å². The number of benzene rings is 3. The first-order valence-corrected chi connectivity index (χ1v) is 12.4. The van der Waals surface area contributed by atoms with Gasteiger partial charge in [-0.3, -0.25) is 4.79 Å². The molecule has 0 saturated carbocycles. The van der Waals surface area contributed by atoms with Gasteiger partial charge in [-0.15, -0.1) is 0 Å². The summed E-state index contributed by atoms with van der Waals surface area (Å²) in [5.41, 5.74) is 5.84. The molecule has 7 heteroatoms. The number of aryl methyl sites for hydroxylation is 2. The average Bonchev–Trinajstić information content (AvgIpc) is 2.76. The molecule has 0 radical (unpaired) electrons. The molecule has 0 fully saturated rings. The summed E-state index contributed by atoms with van der Waals surface area (Å²) in [6.45, 7) is 6.62. The highest BCUT2D eigenvalue weighted by Gasteiger charge is 2.15. The first-order chi connectivity index (χ1) is 16.2. The fraction of sp³-hybridized carbons (Fsp3) is 0.185. The van der Waals surface area contributed by atoms with Crippen LogP contribution in [0.3, 0.4) is 0 Å². The topological polar surface area (TPSA) is 62.1 Å². The smallest absolute Gasteiger partial charge is 0.266 e. The molecule has 0 aromatic heterocycles. The number of ether oxygens (including phenoxy) is 1. The van der Waals surface area contributed by atoms with Crippen molar-refractivity contribution in [1.29, 1.82) is 5.26 Å². The number of carbonyl (C=O) groups excluding carboxylic acids is 1. The Balaban J connectivity index is 1.92. The van der Waals surface area contributed by atoms with Crippen molar-refractivity contribution < 1.29 is 9.53 Å². The Morgan fingerprint density at radius 2 is 1.79 bits per heavy atom. The van der Waals surface area contributed by atoms with Crippen molar-refractivity contribution in [2.24, 2.45) is 0 Å². The van der Waals surface area contributed by atoms with E-state index < -0.39 is 5.91 Å². The summed E-state index contributed by atoms with van der Waals surface area (Å²) in [6, 6.07) is 17.0. The average molecular weight is 605 g/mol. The van der Waals surface area contributed by atoms with E-state index in [4.69, 9.17) is 27.9 Å². The highest BCUT2D eigenvalue weighted by atomic mass is 127. The first kappa shape index (κ1) is 26.1. The van der Waals surface area contributed by atoms with Gasteiger partial charge in [-0.2, -0.15) is 5.26 Å². The Hall–Kier alpha value is -2.53. The second-order valence-electron chi connectivity index (χ2n) is 7.84. The molecule has 0 heterocycles. The molecule has 3 rings (SSSR count). The highest BCUT2D eigenvalue weighted by molar-refractivity contribution is 14.1. The number of hydrogen-bond donors (Lipinski definition) is 1. The summed E-state index contributed by atoms with van der Waals surface area (Å²) in [5, 5.41) is 13.0. The summed E-state index contributed by atoms with van der Waals surface area (Å²) < 4.78 is 6.94. The van der Waals surface area contributed by atoms with Crippen LogP contribution in [0.2, 0.25) is 10.0 Å². The first-order valence-electron chi connectivity index (χ1n) is 10.6. The van der Waals surface area contributed by atoms with Gasteiger partial charge >= 0.3 is 0 Å². The van der Waals surface area contributed by atoms with Crippen LogP contribution in [0.1, 0.15) is 34.7 Å². The second-order valence-corrected chi connectivity index (χ2v) is 9.81. The SMILES string of the molecule is CCOc1cc(/C=C(\C#N)C(=O)Nc2ccc(Cl)c(Cl)c2)cc(I)c1Cc1cc(C)cc(C)c1. The van der Waals surface area contributed by atoms with Gasteiger partial charge in [0.05, 0.1) is 16.7 Å². The molecule has 1 amide bonds. The summed E-state index contributed by atoms with van der Waals surface area (Å²) in [5.74, 6) is 0.204. The third-order valence-corrected chi connectivity index (χ3v) is 6.69. The van der Waals surface area contributed by atoms with Crippen LogP contribution >= 0.6 is 45.8 Å². The van der Waals surface area contributed by atoms with Crippen LogP contribution < -0.4 is 10.1 Å². The molecule has 34 heavy (non-hydrogen) atoms. The second kappa shape index (κ2) is 11.7. The molecular weight excluding hydrogens is 582 g/mol. The van der Waals surface area contributed by atoms with Crippen molar-refractivity contribution in [1.82, 2.24) is 0 Å². The number of nitrogens with one attached hydrogen (secondary N) is 1. The summed E-state index contributed by atoms with van der Waals surface area (Å²) in [6.07, 6.45) is 2.28. The molecule has 0 saturated heterocycles. The molecule has 4 nitrogen and oxygen atoms in total. The van der Waals surface area contributed by atoms with E-state index in [9.17, 15) is 10.1 Å². The number of anilines is 1. The van der Waals surface area contributed by atoms with Crippen molar-refractivity contribution >= 4 is 63.5 Å². The third kappa shape index (κ3) is 6.75. The van der Waals surface area contributed by atoms with Gasteiger partial charge in [0.15, 0.2) is 0 Å². The molecule has 174 valence electrons. The lowest BCUT2D eigenvalue weighted by Crippen LogP contribution is -2.13. The monoisotopic (exact) mass is 604 g/mol. The van der Waals surface area contributed by atoms with Gasteiger partial charge in [0.25, 0.3) is 5.91 Å². The zero-order chi connectivity index (χ0) is 24.8. The van der Waals surface area contributed by atoms with Gasteiger partial charge in [-0.25, -0.2) is 0 Å². The maximum atomic E-state index is 12.7. The van der Waals surface area contributed by atoms with Gasteiger partial charge in [-0.05, 0) is 90.9 Å². The number of nitriles is 1. The Morgan fingerprint density at radius 1 is 1.09 bits per heavy atom. The van der Waals surface area contributed by atoms with Crippen LogP contribution in [0, 0.1) is 28.7 Å². The quantitative estimate of drug-likeness (QED) is 0.170. The van der Waals surface area contributed by atoms with Gasteiger partial charge in [0.1, 0.15) is 17.4 Å². The zero-order valence-electron chi connectivity index (χ0n) is 19.0. The van der Waals surface area contributed by atoms with Crippen LogP contribution in [0.4, 0.5) is 5.69 Å². The lowest BCUT2D eigenvalue weighted by atomic mass is 9.98. The molecule has 0 atom stereocenters. The maximum absolute atomic E-state index is 12.7. The maximum Gasteiger partial charge on any atom is 0.266 e. The summed E-state index contributed by atoms with van der Waals surface area (Å²) in [7, 11) is 0. The van der Waals surface area contributed by atoms with E-state index in [1.165, 1.54) is 22.8 Å². The lowest BCUT2D eigenvalue weighted by Gasteiger charge is -2.15. The molecule has 0 unspecified atom stereocenters.